The molecule has 1 aliphatic heterocycles. The van der Waals surface area contributed by atoms with E-state index >= 15 is 0 Å². The Morgan fingerprint density at radius 1 is 1.04 bits per heavy atom. The van der Waals surface area contributed by atoms with Crippen molar-refractivity contribution in [1.29, 1.82) is 0 Å². The predicted octanol–water partition coefficient (Wildman–Crippen LogP) is 1.08. The minimum absolute atomic E-state index is 0. The van der Waals surface area contributed by atoms with Crippen molar-refractivity contribution in [2.45, 2.75) is 44.6 Å². The first-order chi connectivity index (χ1) is 11.1. The van der Waals surface area contributed by atoms with Crippen LogP contribution in [0.25, 0.3) is 0 Å². The smallest absolute Gasteiger partial charge is 1.00 e. The number of hydrogen-bond donors (Lipinski definition) is 0. The third-order valence-electron chi connectivity index (χ3n) is 4.60. The van der Waals surface area contributed by atoms with Crippen molar-refractivity contribution in [3.8, 4) is 0 Å². The summed E-state index contributed by atoms with van der Waals surface area (Å²) >= 11 is 0.550. The van der Waals surface area contributed by atoms with Gasteiger partial charge in [-0.3, -0.25) is 0 Å². The van der Waals surface area contributed by atoms with Crippen LogP contribution < -0.4 is 21.4 Å². The van der Waals surface area contributed by atoms with Gasteiger partial charge in [0.2, 0.25) is 0 Å². The Balaban J connectivity index is 0.00000208. The molecule has 2 atom stereocenters. The summed E-state index contributed by atoms with van der Waals surface area (Å²) in [6.45, 7) is 7.08. The summed E-state index contributed by atoms with van der Waals surface area (Å²) in [6, 6.07) is 23.0. The Kier molecular flexibility index (Phi) is 6.86. The summed E-state index contributed by atoms with van der Waals surface area (Å²) in [4.78, 5) is 0. The molecule has 3 rings (SSSR count). The van der Waals surface area contributed by atoms with Gasteiger partial charge in [0.1, 0.15) is 0 Å². The zero-order valence-electron chi connectivity index (χ0n) is 14.7. The summed E-state index contributed by atoms with van der Waals surface area (Å²) < 4.78 is 4.14. The van der Waals surface area contributed by atoms with Gasteiger partial charge in [-0.15, -0.1) is 0 Å². The Labute approximate surface area is 163 Å². The minimum atomic E-state index is 0. The summed E-state index contributed by atoms with van der Waals surface area (Å²) in [5.41, 5.74) is 1.72. The average molecular weight is 451 g/mol. The zero-order valence-corrected chi connectivity index (χ0v) is 18.0. The number of hydrogen-bond acceptors (Lipinski definition) is 0. The first kappa shape index (κ1) is 19.4. The molecular formula is C21H26BrNSe. The Morgan fingerprint density at radius 3 is 2.25 bits per heavy atom. The molecule has 0 N–H and O–H groups in total. The van der Waals surface area contributed by atoms with Crippen molar-refractivity contribution in [3.05, 3.63) is 66.2 Å². The zero-order chi connectivity index (χ0) is 16.3. The van der Waals surface area contributed by atoms with Crippen LogP contribution in [0.3, 0.4) is 0 Å². The van der Waals surface area contributed by atoms with Crippen LogP contribution >= 0.6 is 0 Å². The van der Waals surface area contributed by atoms with Crippen LogP contribution in [0.4, 0.5) is 0 Å². The fourth-order valence-electron chi connectivity index (χ4n) is 3.46. The van der Waals surface area contributed by atoms with E-state index in [9.17, 15) is 0 Å². The van der Waals surface area contributed by atoms with E-state index in [-0.39, 0.29) is 17.0 Å². The molecule has 2 aromatic carbocycles. The number of rotatable bonds is 5. The first-order valence-corrected chi connectivity index (χ1v) is 10.5. The van der Waals surface area contributed by atoms with Crippen LogP contribution in [0.15, 0.2) is 60.7 Å². The van der Waals surface area contributed by atoms with Crippen LogP contribution in [-0.2, 0) is 0 Å². The van der Waals surface area contributed by atoms with Crippen molar-refractivity contribution in [3.63, 3.8) is 0 Å². The molecule has 0 aliphatic carbocycles. The van der Waals surface area contributed by atoms with E-state index in [1.54, 1.807) is 0 Å². The minimum Gasteiger partial charge on any atom is -1.00 e. The number of nitrogens with zero attached hydrogens (tertiary/aromatic N) is 1. The molecule has 0 bridgehead atoms. The van der Waals surface area contributed by atoms with Crippen LogP contribution in [0.5, 0.6) is 0 Å². The Morgan fingerprint density at radius 2 is 1.62 bits per heavy atom. The molecule has 0 fully saturated rings. The third-order valence-corrected chi connectivity index (χ3v) is 7.02. The van der Waals surface area contributed by atoms with Crippen molar-refractivity contribution < 1.29 is 21.6 Å². The van der Waals surface area contributed by atoms with E-state index < -0.39 is 0 Å². The topological polar surface area (TPSA) is 3.01 Å². The van der Waals surface area contributed by atoms with E-state index in [4.69, 9.17) is 0 Å². The second-order valence-corrected chi connectivity index (χ2v) is 9.43. The molecule has 0 radical (unpaired) electrons. The summed E-state index contributed by atoms with van der Waals surface area (Å²) in [7, 11) is 0. The monoisotopic (exact) mass is 451 g/mol. The van der Waals surface area contributed by atoms with Crippen LogP contribution in [0.1, 0.15) is 38.8 Å². The fourth-order valence-corrected chi connectivity index (χ4v) is 5.61. The first-order valence-electron chi connectivity index (χ1n) is 8.41. The molecule has 1 aliphatic rings. The van der Waals surface area contributed by atoms with Gasteiger partial charge in [-0.25, -0.2) is 0 Å². The van der Waals surface area contributed by atoms with Gasteiger partial charge in [0.15, 0.2) is 0 Å². The van der Waals surface area contributed by atoms with Crippen LogP contribution in [0, 0.1) is 5.41 Å². The van der Waals surface area contributed by atoms with E-state index in [0.29, 0.717) is 32.5 Å². The molecule has 0 amide bonds. The van der Waals surface area contributed by atoms with E-state index in [0.717, 1.165) is 0 Å². The Hall–Kier alpha value is -0.891. The molecule has 0 saturated heterocycles. The van der Waals surface area contributed by atoms with Crippen molar-refractivity contribution in [1.82, 2.24) is 0 Å². The SMILES string of the molecule is C[C@H](c1ccccc1)[N+]1=CC(C)(C)CC1C[Se]c1ccccc1.[Br-]. The maximum absolute atomic E-state index is 2.63. The number of benzene rings is 2. The summed E-state index contributed by atoms with van der Waals surface area (Å²) in [5, 5.41) is 1.29. The molecule has 1 unspecified atom stereocenters. The molecule has 0 saturated carbocycles. The van der Waals surface area contributed by atoms with Gasteiger partial charge in [0, 0.05) is 0 Å². The van der Waals surface area contributed by atoms with E-state index in [1.807, 2.05) is 0 Å². The molecule has 24 heavy (non-hydrogen) atoms. The van der Waals surface area contributed by atoms with E-state index in [1.165, 1.54) is 21.8 Å². The fraction of sp³-hybridized carbons (Fsp3) is 0.381. The van der Waals surface area contributed by atoms with E-state index in [2.05, 4.69) is 92.2 Å². The predicted molar refractivity (Wildman–Crippen MR) is 100 cm³/mol. The molecule has 0 aromatic heterocycles. The van der Waals surface area contributed by atoms with Crippen molar-refractivity contribution >= 4 is 25.6 Å². The Bertz CT molecular complexity index is 667. The van der Waals surface area contributed by atoms with Gasteiger partial charge in [-0.1, -0.05) is 0 Å². The third kappa shape index (κ3) is 4.81. The quantitative estimate of drug-likeness (QED) is 0.473. The average Bonchev–Trinajstić information content (AvgIpc) is 2.89. The molecule has 2 aromatic rings. The number of halogens is 1. The summed E-state index contributed by atoms with van der Waals surface area (Å²) in [6.07, 6.45) is 3.75. The van der Waals surface area contributed by atoms with Gasteiger partial charge in [0.05, 0.1) is 0 Å². The molecule has 0 spiro atoms. The molecule has 1 nitrogen and oxygen atoms in total. The van der Waals surface area contributed by atoms with Crippen LogP contribution in [-0.4, -0.2) is 31.8 Å². The standard InChI is InChI=1S/C21H26NSe.BrH/c1-17(18-10-6-4-7-11-18)22-16-21(2,3)14-19(22)15-23-20-12-8-5-9-13-20;/h4-13,16-17,19H,14-15H2,1-3H3;1H/q+1;/p-1/t17-,19?;/m1./s1. The summed E-state index contributed by atoms with van der Waals surface area (Å²) in [5.74, 6) is 0. The van der Waals surface area contributed by atoms with Gasteiger partial charge in [-0.2, -0.15) is 0 Å². The largest absolute Gasteiger partial charge is 1.00 e. The van der Waals surface area contributed by atoms with Crippen molar-refractivity contribution in [2.75, 3.05) is 0 Å². The second kappa shape index (κ2) is 8.47. The maximum atomic E-state index is 2.63. The molecule has 128 valence electrons. The maximum Gasteiger partial charge on any atom is -1.00 e. The van der Waals surface area contributed by atoms with Gasteiger partial charge >= 0.3 is 146 Å². The normalized spacial score (nSPS) is 20.1. The van der Waals surface area contributed by atoms with Crippen LogP contribution in [0.2, 0.25) is 5.32 Å². The van der Waals surface area contributed by atoms with Crippen molar-refractivity contribution in [2.24, 2.45) is 5.41 Å². The molecule has 1 heterocycles. The van der Waals surface area contributed by atoms with Gasteiger partial charge in [-0.05, 0) is 0 Å². The molecule has 3 heteroatoms. The molecular weight excluding hydrogens is 425 g/mol. The van der Waals surface area contributed by atoms with Gasteiger partial charge in [0.25, 0.3) is 0 Å². The second-order valence-electron chi connectivity index (χ2n) is 7.13. The van der Waals surface area contributed by atoms with Gasteiger partial charge < -0.3 is 17.0 Å².